The summed E-state index contributed by atoms with van der Waals surface area (Å²) in [5.41, 5.74) is 3.38. The molecule has 0 aromatic heterocycles. The molecule has 0 spiro atoms. The molecule has 5 heteroatoms. The Balaban J connectivity index is 1.69. The number of aryl methyl sites for hydroxylation is 2. The number of fused-ring (bicyclic) bond motifs is 1. The molecule has 1 N–H and O–H groups in total. The van der Waals surface area contributed by atoms with Gasteiger partial charge in [-0.05, 0) is 67.5 Å². The van der Waals surface area contributed by atoms with Crippen molar-refractivity contribution < 1.29 is 19.0 Å². The molecule has 144 valence electrons. The van der Waals surface area contributed by atoms with E-state index in [0.717, 1.165) is 18.6 Å². The molecule has 1 atom stereocenters. The monoisotopic (exact) mass is 369 g/mol. The fraction of sp³-hybridized carbons (Fsp3) is 0.409. The van der Waals surface area contributed by atoms with Gasteiger partial charge in [0.15, 0.2) is 17.6 Å². The van der Waals surface area contributed by atoms with Gasteiger partial charge in [0.05, 0.1) is 14.2 Å². The summed E-state index contributed by atoms with van der Waals surface area (Å²) in [5, 5.41) is 2.90. The lowest BCUT2D eigenvalue weighted by atomic mass is 9.92. The molecule has 0 heterocycles. The van der Waals surface area contributed by atoms with Crippen LogP contribution in [-0.2, 0) is 17.6 Å². The number of ether oxygens (including phenoxy) is 3. The Morgan fingerprint density at radius 1 is 1.00 bits per heavy atom. The van der Waals surface area contributed by atoms with Gasteiger partial charge in [-0.25, -0.2) is 0 Å². The normalized spacial score (nSPS) is 14.0. The zero-order valence-electron chi connectivity index (χ0n) is 16.2. The Morgan fingerprint density at radius 3 is 2.44 bits per heavy atom. The van der Waals surface area contributed by atoms with E-state index in [-0.39, 0.29) is 5.91 Å². The van der Waals surface area contributed by atoms with Crippen molar-refractivity contribution >= 4 is 11.6 Å². The van der Waals surface area contributed by atoms with Crippen molar-refractivity contribution in [1.82, 2.24) is 0 Å². The topological polar surface area (TPSA) is 56.8 Å². The minimum absolute atomic E-state index is 0.178. The molecular weight excluding hydrogens is 342 g/mol. The Kier molecular flexibility index (Phi) is 6.22. The van der Waals surface area contributed by atoms with Gasteiger partial charge in [0.2, 0.25) is 0 Å². The molecule has 3 rings (SSSR count). The molecule has 1 amide bonds. The lowest BCUT2D eigenvalue weighted by Gasteiger charge is -2.20. The van der Waals surface area contributed by atoms with E-state index >= 15 is 0 Å². The Bertz CT molecular complexity index is 803. The van der Waals surface area contributed by atoms with Crippen LogP contribution in [0.25, 0.3) is 0 Å². The molecule has 0 fully saturated rings. The number of carbonyl (C=O) groups is 1. The highest BCUT2D eigenvalue weighted by Gasteiger charge is 2.20. The van der Waals surface area contributed by atoms with E-state index in [1.54, 1.807) is 32.4 Å². The average Bonchev–Trinajstić information content (AvgIpc) is 2.71. The third-order valence-electron chi connectivity index (χ3n) is 4.91. The number of rotatable bonds is 7. The van der Waals surface area contributed by atoms with Gasteiger partial charge in [-0.3, -0.25) is 4.79 Å². The second kappa shape index (κ2) is 8.80. The van der Waals surface area contributed by atoms with E-state index in [1.165, 1.54) is 24.0 Å². The molecule has 0 saturated carbocycles. The molecule has 5 nitrogen and oxygen atoms in total. The summed E-state index contributed by atoms with van der Waals surface area (Å²) in [6, 6.07) is 11.5. The summed E-state index contributed by atoms with van der Waals surface area (Å²) in [7, 11) is 3.15. The van der Waals surface area contributed by atoms with Gasteiger partial charge < -0.3 is 19.5 Å². The maximum Gasteiger partial charge on any atom is 0.265 e. The molecule has 27 heavy (non-hydrogen) atoms. The summed E-state index contributed by atoms with van der Waals surface area (Å²) in [6.07, 6.45) is 4.70. The van der Waals surface area contributed by atoms with Crippen LogP contribution in [0.2, 0.25) is 0 Å². The van der Waals surface area contributed by atoms with Crippen molar-refractivity contribution in [3.05, 3.63) is 47.5 Å². The summed E-state index contributed by atoms with van der Waals surface area (Å²) >= 11 is 0. The van der Waals surface area contributed by atoms with Crippen molar-refractivity contribution in [1.29, 1.82) is 0 Å². The van der Waals surface area contributed by atoms with E-state index in [0.29, 0.717) is 23.6 Å². The Morgan fingerprint density at radius 2 is 1.74 bits per heavy atom. The summed E-state index contributed by atoms with van der Waals surface area (Å²) in [4.78, 5) is 12.7. The van der Waals surface area contributed by atoms with Crippen LogP contribution in [0.1, 0.15) is 37.3 Å². The van der Waals surface area contributed by atoms with Gasteiger partial charge >= 0.3 is 0 Å². The first kappa shape index (κ1) is 19.1. The van der Waals surface area contributed by atoms with Crippen molar-refractivity contribution in [3.63, 3.8) is 0 Å². The van der Waals surface area contributed by atoms with Gasteiger partial charge in [0.25, 0.3) is 5.91 Å². The largest absolute Gasteiger partial charge is 0.493 e. The van der Waals surface area contributed by atoms with Crippen LogP contribution in [0.4, 0.5) is 5.69 Å². The average molecular weight is 369 g/mol. The molecule has 1 aliphatic rings. The number of nitrogens with one attached hydrogen (secondary N) is 1. The van der Waals surface area contributed by atoms with Crippen LogP contribution in [0.15, 0.2) is 36.4 Å². The predicted molar refractivity (Wildman–Crippen MR) is 106 cm³/mol. The van der Waals surface area contributed by atoms with E-state index < -0.39 is 6.10 Å². The molecule has 0 bridgehead atoms. The number of anilines is 1. The third-order valence-corrected chi connectivity index (χ3v) is 4.91. The van der Waals surface area contributed by atoms with Gasteiger partial charge in [-0.1, -0.05) is 13.0 Å². The smallest absolute Gasteiger partial charge is 0.265 e. The number of hydrogen-bond donors (Lipinski definition) is 1. The SMILES string of the molecule is CCC(Oc1ccc2c(c1)CCCC2)C(=O)Nc1ccc(OC)c(OC)c1. The first-order valence-corrected chi connectivity index (χ1v) is 9.46. The van der Waals surface area contributed by atoms with Crippen LogP contribution in [-0.4, -0.2) is 26.2 Å². The summed E-state index contributed by atoms with van der Waals surface area (Å²) in [5.74, 6) is 1.76. The molecule has 0 radical (unpaired) electrons. The van der Waals surface area contributed by atoms with Crippen LogP contribution in [0.5, 0.6) is 17.2 Å². The zero-order valence-corrected chi connectivity index (χ0v) is 16.2. The first-order valence-electron chi connectivity index (χ1n) is 9.46. The van der Waals surface area contributed by atoms with Crippen molar-refractivity contribution in [2.45, 2.75) is 45.1 Å². The highest BCUT2D eigenvalue weighted by Crippen LogP contribution is 2.30. The summed E-state index contributed by atoms with van der Waals surface area (Å²) in [6.45, 7) is 1.94. The number of hydrogen-bond acceptors (Lipinski definition) is 4. The van der Waals surface area contributed by atoms with Gasteiger partial charge in [-0.2, -0.15) is 0 Å². The summed E-state index contributed by atoms with van der Waals surface area (Å²) < 4.78 is 16.5. The van der Waals surface area contributed by atoms with Gasteiger partial charge in [0, 0.05) is 11.8 Å². The van der Waals surface area contributed by atoms with Crippen molar-refractivity contribution in [3.8, 4) is 17.2 Å². The second-order valence-electron chi connectivity index (χ2n) is 6.71. The standard InChI is InChI=1S/C22H27NO4/c1-4-19(27-18-11-9-15-7-5-6-8-16(15)13-18)22(24)23-17-10-12-20(25-2)21(14-17)26-3/h9-14,19H,4-8H2,1-3H3,(H,23,24). The number of methoxy groups -OCH3 is 2. The quantitative estimate of drug-likeness (QED) is 0.787. The van der Waals surface area contributed by atoms with E-state index in [9.17, 15) is 4.79 Å². The van der Waals surface area contributed by atoms with Gasteiger partial charge in [0.1, 0.15) is 5.75 Å². The first-order chi connectivity index (χ1) is 13.1. The maximum atomic E-state index is 12.7. The Hall–Kier alpha value is -2.69. The lowest BCUT2D eigenvalue weighted by molar-refractivity contribution is -0.122. The fourth-order valence-corrected chi connectivity index (χ4v) is 3.41. The lowest BCUT2D eigenvalue weighted by Crippen LogP contribution is -2.32. The fourth-order valence-electron chi connectivity index (χ4n) is 3.41. The highest BCUT2D eigenvalue weighted by molar-refractivity contribution is 5.94. The maximum absolute atomic E-state index is 12.7. The molecule has 1 aliphatic carbocycles. The number of benzene rings is 2. The van der Waals surface area contributed by atoms with Crippen LogP contribution in [0, 0.1) is 0 Å². The molecular formula is C22H27NO4. The zero-order chi connectivity index (χ0) is 19.2. The van der Waals surface area contributed by atoms with Crippen LogP contribution in [0.3, 0.4) is 0 Å². The number of amides is 1. The van der Waals surface area contributed by atoms with E-state index in [4.69, 9.17) is 14.2 Å². The number of carbonyl (C=O) groups excluding carboxylic acids is 1. The Labute approximate surface area is 160 Å². The third kappa shape index (κ3) is 4.54. The van der Waals surface area contributed by atoms with Crippen LogP contribution >= 0.6 is 0 Å². The van der Waals surface area contributed by atoms with Crippen LogP contribution < -0.4 is 19.5 Å². The highest BCUT2D eigenvalue weighted by atomic mass is 16.5. The molecule has 0 saturated heterocycles. The van der Waals surface area contributed by atoms with Gasteiger partial charge in [-0.15, -0.1) is 0 Å². The molecule has 1 unspecified atom stereocenters. The molecule has 2 aromatic carbocycles. The molecule has 2 aromatic rings. The van der Waals surface area contributed by atoms with Crippen molar-refractivity contribution in [2.24, 2.45) is 0 Å². The minimum atomic E-state index is -0.556. The predicted octanol–water partition coefficient (Wildman–Crippen LogP) is 4.38. The minimum Gasteiger partial charge on any atom is -0.493 e. The van der Waals surface area contributed by atoms with E-state index in [2.05, 4.69) is 17.4 Å². The second-order valence-corrected chi connectivity index (χ2v) is 6.71. The van der Waals surface area contributed by atoms with E-state index in [1.807, 2.05) is 13.0 Å². The van der Waals surface area contributed by atoms with Crippen molar-refractivity contribution in [2.75, 3.05) is 19.5 Å². The molecule has 0 aliphatic heterocycles.